The molecule has 0 bridgehead atoms. The first-order valence-electron chi connectivity index (χ1n) is 2.09. The van der Waals surface area contributed by atoms with Crippen LogP contribution in [-0.2, 0) is 9.53 Å². The van der Waals surface area contributed by atoms with Crippen LogP contribution in [0, 0.1) is 0 Å². The van der Waals surface area contributed by atoms with E-state index < -0.39 is 5.60 Å². The van der Waals surface area contributed by atoms with Crippen LogP contribution in [0.15, 0.2) is 0 Å². The zero-order valence-electron chi connectivity index (χ0n) is 4.10. The van der Waals surface area contributed by atoms with Crippen LogP contribution in [-0.4, -0.2) is 18.1 Å². The number of hydrogen-bond acceptors (Lipinski definition) is 2. The third kappa shape index (κ3) is 0.587. The Balaban J connectivity index is 2.55. The van der Waals surface area contributed by atoms with Gasteiger partial charge in [-0.2, -0.15) is 0 Å². The number of hydrogen-bond donors (Lipinski definition) is 1. The molecule has 1 saturated heterocycles. The number of amides is 1. The number of primary amides is 1. The number of carbonyl (C=O) groups is 1. The van der Waals surface area contributed by atoms with Gasteiger partial charge in [-0.3, -0.25) is 4.79 Å². The zero-order chi connectivity index (χ0) is 5.49. The Morgan fingerprint density at radius 2 is 2.43 bits per heavy atom. The van der Waals surface area contributed by atoms with Crippen molar-refractivity contribution in [1.82, 2.24) is 0 Å². The molecular formula is C4H7NO2. The summed E-state index contributed by atoms with van der Waals surface area (Å²) in [4.78, 5) is 10.2. The van der Waals surface area contributed by atoms with Crippen LogP contribution >= 0.6 is 0 Å². The first-order chi connectivity index (χ1) is 3.15. The topological polar surface area (TPSA) is 55.6 Å². The molecule has 0 aromatic heterocycles. The number of rotatable bonds is 1. The summed E-state index contributed by atoms with van der Waals surface area (Å²) in [6, 6.07) is 0. The lowest BCUT2D eigenvalue weighted by Gasteiger charge is -1.92. The van der Waals surface area contributed by atoms with E-state index in [2.05, 4.69) is 4.74 Å². The normalized spacial score (nSPS) is 37.9. The van der Waals surface area contributed by atoms with Gasteiger partial charge in [-0.25, -0.2) is 0 Å². The van der Waals surface area contributed by atoms with Gasteiger partial charge in [0.1, 0.15) is 0 Å². The van der Waals surface area contributed by atoms with E-state index in [1.54, 1.807) is 6.92 Å². The van der Waals surface area contributed by atoms with E-state index in [-0.39, 0.29) is 5.91 Å². The molecule has 2 N–H and O–H groups in total. The number of carbonyl (C=O) groups excluding carboxylic acids is 1. The van der Waals surface area contributed by atoms with Crippen LogP contribution in [0.1, 0.15) is 6.92 Å². The maximum Gasteiger partial charge on any atom is 0.251 e. The molecule has 1 atom stereocenters. The fourth-order valence-electron chi connectivity index (χ4n) is 0.251. The molecule has 1 aliphatic rings. The molecule has 1 fully saturated rings. The lowest BCUT2D eigenvalue weighted by atomic mass is 10.2. The molecule has 0 radical (unpaired) electrons. The quantitative estimate of drug-likeness (QED) is 0.442. The smallest absolute Gasteiger partial charge is 0.251 e. The third-order valence-corrected chi connectivity index (χ3v) is 1.10. The fourth-order valence-corrected chi connectivity index (χ4v) is 0.251. The largest absolute Gasteiger partial charge is 0.367 e. The lowest BCUT2D eigenvalue weighted by Crippen LogP contribution is -2.28. The summed E-state index contributed by atoms with van der Waals surface area (Å²) in [6.45, 7) is 2.16. The highest BCUT2D eigenvalue weighted by Crippen LogP contribution is 2.24. The van der Waals surface area contributed by atoms with E-state index in [4.69, 9.17) is 5.73 Å². The van der Waals surface area contributed by atoms with Gasteiger partial charge in [0.2, 0.25) is 0 Å². The second-order valence-electron chi connectivity index (χ2n) is 1.88. The van der Waals surface area contributed by atoms with Crippen molar-refractivity contribution >= 4 is 5.91 Å². The Bertz CT molecular complexity index is 106. The predicted octanol–water partition coefficient (Wildman–Crippen LogP) is -0.739. The number of nitrogens with two attached hydrogens (primary N) is 1. The molecule has 0 saturated carbocycles. The van der Waals surface area contributed by atoms with Gasteiger partial charge in [0, 0.05) is 0 Å². The van der Waals surface area contributed by atoms with Crippen molar-refractivity contribution in [2.75, 3.05) is 6.61 Å². The van der Waals surface area contributed by atoms with Crippen molar-refractivity contribution in [3.63, 3.8) is 0 Å². The maximum atomic E-state index is 10.2. The highest BCUT2D eigenvalue weighted by atomic mass is 16.6. The summed E-state index contributed by atoms with van der Waals surface area (Å²) < 4.78 is 4.68. The molecule has 0 aromatic rings. The standard InChI is InChI=1S/C4H7NO2/c1-4(2-7-4)3(5)6/h2H2,1H3,(H2,5,6)/t4-/m1/s1. The van der Waals surface area contributed by atoms with Crippen LogP contribution in [0.4, 0.5) is 0 Å². The van der Waals surface area contributed by atoms with Gasteiger partial charge in [0.25, 0.3) is 5.91 Å². The average molecular weight is 101 g/mol. The molecule has 1 heterocycles. The Kier molecular flexibility index (Phi) is 0.642. The molecule has 0 spiro atoms. The minimum atomic E-state index is -0.611. The minimum absolute atomic E-state index is 0.368. The Labute approximate surface area is 41.4 Å². The molecule has 1 aliphatic heterocycles. The van der Waals surface area contributed by atoms with Crippen molar-refractivity contribution < 1.29 is 9.53 Å². The lowest BCUT2D eigenvalue weighted by molar-refractivity contribution is -0.122. The van der Waals surface area contributed by atoms with Gasteiger partial charge in [-0.05, 0) is 6.92 Å². The monoisotopic (exact) mass is 101 g/mol. The Hall–Kier alpha value is -0.570. The van der Waals surface area contributed by atoms with Gasteiger partial charge in [0.15, 0.2) is 5.60 Å². The van der Waals surface area contributed by atoms with Crippen molar-refractivity contribution in [1.29, 1.82) is 0 Å². The van der Waals surface area contributed by atoms with Gasteiger partial charge in [0.05, 0.1) is 6.61 Å². The zero-order valence-corrected chi connectivity index (χ0v) is 4.10. The van der Waals surface area contributed by atoms with Crippen molar-refractivity contribution in [2.24, 2.45) is 5.73 Å². The average Bonchev–Trinajstić information content (AvgIpc) is 2.21. The first kappa shape index (κ1) is 4.59. The Morgan fingerprint density at radius 1 is 2.00 bits per heavy atom. The van der Waals surface area contributed by atoms with Crippen LogP contribution in [0.3, 0.4) is 0 Å². The van der Waals surface area contributed by atoms with Crippen LogP contribution < -0.4 is 5.73 Å². The summed E-state index contributed by atoms with van der Waals surface area (Å²) in [7, 11) is 0. The Morgan fingerprint density at radius 3 is 2.43 bits per heavy atom. The third-order valence-electron chi connectivity index (χ3n) is 1.10. The molecule has 7 heavy (non-hydrogen) atoms. The minimum Gasteiger partial charge on any atom is -0.367 e. The molecule has 3 nitrogen and oxygen atoms in total. The van der Waals surface area contributed by atoms with E-state index in [0.717, 1.165) is 0 Å². The second kappa shape index (κ2) is 0.980. The SMILES string of the molecule is C[C@]1(C(N)=O)CO1. The molecule has 3 heteroatoms. The van der Waals surface area contributed by atoms with Gasteiger partial charge >= 0.3 is 0 Å². The van der Waals surface area contributed by atoms with Crippen molar-refractivity contribution in [2.45, 2.75) is 12.5 Å². The van der Waals surface area contributed by atoms with E-state index in [0.29, 0.717) is 6.61 Å². The molecule has 0 unspecified atom stereocenters. The van der Waals surface area contributed by atoms with E-state index in [9.17, 15) is 4.79 Å². The van der Waals surface area contributed by atoms with Crippen LogP contribution in [0.25, 0.3) is 0 Å². The van der Waals surface area contributed by atoms with E-state index in [1.807, 2.05) is 0 Å². The van der Waals surface area contributed by atoms with Gasteiger partial charge < -0.3 is 10.5 Å². The fraction of sp³-hybridized carbons (Fsp3) is 0.750. The van der Waals surface area contributed by atoms with Crippen molar-refractivity contribution in [3.8, 4) is 0 Å². The molecule has 40 valence electrons. The van der Waals surface area contributed by atoms with Gasteiger partial charge in [-0.1, -0.05) is 0 Å². The molecule has 0 aliphatic carbocycles. The molecular weight excluding hydrogens is 94.0 g/mol. The highest BCUT2D eigenvalue weighted by molar-refractivity contribution is 5.85. The predicted molar refractivity (Wildman–Crippen MR) is 23.6 cm³/mol. The summed E-state index contributed by atoms with van der Waals surface area (Å²) in [5.41, 5.74) is 4.26. The molecule has 1 amide bonds. The summed E-state index contributed by atoms with van der Waals surface area (Å²) in [5.74, 6) is -0.368. The number of epoxide rings is 1. The maximum absolute atomic E-state index is 10.2. The van der Waals surface area contributed by atoms with Crippen molar-refractivity contribution in [3.05, 3.63) is 0 Å². The summed E-state index contributed by atoms with van der Waals surface area (Å²) in [5, 5.41) is 0. The summed E-state index contributed by atoms with van der Waals surface area (Å²) >= 11 is 0. The molecule has 0 aromatic carbocycles. The van der Waals surface area contributed by atoms with E-state index >= 15 is 0 Å². The second-order valence-corrected chi connectivity index (χ2v) is 1.88. The van der Waals surface area contributed by atoms with E-state index in [1.165, 1.54) is 0 Å². The summed E-state index contributed by atoms with van der Waals surface area (Å²) in [6.07, 6.45) is 0. The first-order valence-corrected chi connectivity index (χ1v) is 2.09. The van der Waals surface area contributed by atoms with Gasteiger partial charge in [-0.15, -0.1) is 0 Å². The van der Waals surface area contributed by atoms with Crippen LogP contribution in [0.5, 0.6) is 0 Å². The number of ether oxygens (including phenoxy) is 1. The van der Waals surface area contributed by atoms with Crippen LogP contribution in [0.2, 0.25) is 0 Å². The molecule has 1 rings (SSSR count). The highest BCUT2D eigenvalue weighted by Gasteiger charge is 2.45.